The lowest BCUT2D eigenvalue weighted by molar-refractivity contribution is -0.131. The number of fused-ring (bicyclic) bond motifs is 1. The summed E-state index contributed by atoms with van der Waals surface area (Å²) < 4.78 is 2.30. The number of anilines is 1. The molecule has 3 aromatic carbocycles. The maximum atomic E-state index is 13.5. The predicted octanol–water partition coefficient (Wildman–Crippen LogP) is 4.47. The number of aromatic nitrogens is 2. The number of hydrogen-bond acceptors (Lipinski definition) is 4. The Morgan fingerprint density at radius 3 is 2.42 bits per heavy atom. The Morgan fingerprint density at radius 2 is 1.70 bits per heavy atom. The van der Waals surface area contributed by atoms with Crippen molar-refractivity contribution >= 4 is 45.6 Å². The Labute approximate surface area is 236 Å². The van der Waals surface area contributed by atoms with Crippen LogP contribution in [0.4, 0.5) is 5.69 Å². The van der Waals surface area contributed by atoms with Crippen LogP contribution < -0.4 is 16.6 Å². The Hall–Kier alpha value is -4.43. The standard InChI is InChI=1S/C31H29ClN4O4/c1-21-11-12-26(25(32)19-21)33-28(37)20-36-27-10-6-5-9-24(27)30(39)35(31(36)40)18-15-29(38)34-16-13-23(14-17-34)22-7-3-2-4-8-22/h2-13,19H,14-18,20H2,1H3,(H,33,37). The summed E-state index contributed by atoms with van der Waals surface area (Å²) in [4.78, 5) is 54.4. The van der Waals surface area contributed by atoms with E-state index in [1.54, 1.807) is 41.3 Å². The minimum absolute atomic E-state index is 0.00678. The fourth-order valence-corrected chi connectivity index (χ4v) is 5.23. The largest absolute Gasteiger partial charge is 0.339 e. The Morgan fingerprint density at radius 1 is 0.950 bits per heavy atom. The van der Waals surface area contributed by atoms with E-state index in [1.165, 1.54) is 10.1 Å². The molecule has 8 nitrogen and oxygen atoms in total. The molecule has 9 heteroatoms. The number of nitrogens with one attached hydrogen (secondary N) is 1. The Kier molecular flexibility index (Phi) is 7.98. The number of rotatable bonds is 7. The van der Waals surface area contributed by atoms with Gasteiger partial charge in [0.15, 0.2) is 0 Å². The monoisotopic (exact) mass is 556 g/mol. The third-order valence-corrected chi connectivity index (χ3v) is 7.40. The van der Waals surface area contributed by atoms with Crippen LogP contribution in [0.5, 0.6) is 0 Å². The summed E-state index contributed by atoms with van der Waals surface area (Å²) in [5, 5.41) is 3.42. The maximum absolute atomic E-state index is 13.5. The zero-order valence-electron chi connectivity index (χ0n) is 22.1. The van der Waals surface area contributed by atoms with Gasteiger partial charge in [0.2, 0.25) is 11.8 Å². The van der Waals surface area contributed by atoms with Gasteiger partial charge in [0.05, 0.1) is 21.6 Å². The molecule has 1 N–H and O–H groups in total. The van der Waals surface area contributed by atoms with E-state index in [9.17, 15) is 19.2 Å². The first kappa shape index (κ1) is 27.1. The molecule has 0 unspecified atom stereocenters. The second kappa shape index (κ2) is 11.8. The smallest absolute Gasteiger partial charge is 0.331 e. The molecule has 0 spiro atoms. The Bertz CT molecular complexity index is 1740. The number of halogens is 1. The average Bonchev–Trinajstić information content (AvgIpc) is 2.97. The third kappa shape index (κ3) is 5.77. The molecule has 1 aliphatic rings. The first-order valence-corrected chi connectivity index (χ1v) is 13.5. The first-order chi connectivity index (χ1) is 19.3. The van der Waals surface area contributed by atoms with Crippen molar-refractivity contribution in [3.05, 3.63) is 116 Å². The molecule has 1 aromatic heterocycles. The molecule has 0 fully saturated rings. The van der Waals surface area contributed by atoms with E-state index in [1.807, 2.05) is 37.3 Å². The van der Waals surface area contributed by atoms with E-state index >= 15 is 0 Å². The summed E-state index contributed by atoms with van der Waals surface area (Å²) in [5.74, 6) is -0.602. The van der Waals surface area contributed by atoms with Gasteiger partial charge in [0, 0.05) is 26.1 Å². The van der Waals surface area contributed by atoms with E-state index < -0.39 is 17.2 Å². The van der Waals surface area contributed by atoms with Crippen LogP contribution >= 0.6 is 11.6 Å². The highest BCUT2D eigenvalue weighted by atomic mass is 35.5. The van der Waals surface area contributed by atoms with Crippen LogP contribution in [0.3, 0.4) is 0 Å². The number of carbonyl (C=O) groups excluding carboxylic acids is 2. The second-order valence-electron chi connectivity index (χ2n) is 9.81. The number of nitrogens with zero attached hydrogens (tertiary/aromatic N) is 3. The molecule has 0 atom stereocenters. The minimum atomic E-state index is -0.647. The number of benzene rings is 3. The zero-order chi connectivity index (χ0) is 28.2. The van der Waals surface area contributed by atoms with Crippen LogP contribution in [-0.4, -0.2) is 38.9 Å². The molecule has 1 aliphatic heterocycles. The van der Waals surface area contributed by atoms with Crippen LogP contribution in [0, 0.1) is 6.92 Å². The van der Waals surface area contributed by atoms with Gasteiger partial charge in [-0.3, -0.25) is 23.5 Å². The molecule has 204 valence electrons. The fraction of sp³-hybridized carbons (Fsp3) is 0.226. The van der Waals surface area contributed by atoms with Gasteiger partial charge in [-0.1, -0.05) is 66.2 Å². The van der Waals surface area contributed by atoms with Gasteiger partial charge in [-0.05, 0) is 54.3 Å². The van der Waals surface area contributed by atoms with Gasteiger partial charge >= 0.3 is 5.69 Å². The van der Waals surface area contributed by atoms with Crippen molar-refractivity contribution < 1.29 is 9.59 Å². The molecule has 40 heavy (non-hydrogen) atoms. The van der Waals surface area contributed by atoms with Crippen molar-refractivity contribution in [2.75, 3.05) is 18.4 Å². The van der Waals surface area contributed by atoms with Crippen molar-refractivity contribution in [3.63, 3.8) is 0 Å². The molecule has 0 bridgehead atoms. The molecule has 4 aromatic rings. The summed E-state index contributed by atoms with van der Waals surface area (Å²) >= 11 is 6.25. The quantitative estimate of drug-likeness (QED) is 0.363. The highest BCUT2D eigenvalue weighted by molar-refractivity contribution is 6.33. The third-order valence-electron chi connectivity index (χ3n) is 7.09. The topological polar surface area (TPSA) is 93.4 Å². The molecule has 5 rings (SSSR count). The lowest BCUT2D eigenvalue weighted by atomic mass is 9.99. The van der Waals surface area contributed by atoms with Crippen molar-refractivity contribution in [1.29, 1.82) is 0 Å². The molecule has 0 aliphatic carbocycles. The zero-order valence-corrected chi connectivity index (χ0v) is 22.9. The maximum Gasteiger partial charge on any atom is 0.331 e. The molecule has 0 saturated heterocycles. The highest BCUT2D eigenvalue weighted by Gasteiger charge is 2.20. The van der Waals surface area contributed by atoms with Crippen LogP contribution in [0.1, 0.15) is 24.0 Å². The average molecular weight is 557 g/mol. The van der Waals surface area contributed by atoms with Crippen molar-refractivity contribution in [2.45, 2.75) is 32.9 Å². The molecule has 0 saturated carbocycles. The molecule has 2 amide bonds. The van der Waals surface area contributed by atoms with Crippen LogP contribution in [0.25, 0.3) is 16.5 Å². The lowest BCUT2D eigenvalue weighted by Gasteiger charge is -2.27. The van der Waals surface area contributed by atoms with E-state index in [4.69, 9.17) is 11.6 Å². The van der Waals surface area contributed by atoms with E-state index in [2.05, 4.69) is 17.4 Å². The lowest BCUT2D eigenvalue weighted by Crippen LogP contribution is -2.43. The van der Waals surface area contributed by atoms with E-state index in [-0.39, 0.29) is 25.4 Å². The minimum Gasteiger partial charge on any atom is -0.339 e. The van der Waals surface area contributed by atoms with Gasteiger partial charge < -0.3 is 10.2 Å². The molecule has 2 heterocycles. The van der Waals surface area contributed by atoms with Crippen molar-refractivity contribution in [3.8, 4) is 0 Å². The van der Waals surface area contributed by atoms with Crippen molar-refractivity contribution in [2.24, 2.45) is 0 Å². The van der Waals surface area contributed by atoms with Crippen LogP contribution in [0.2, 0.25) is 5.02 Å². The summed E-state index contributed by atoms with van der Waals surface area (Å²) in [7, 11) is 0. The van der Waals surface area contributed by atoms with Gasteiger partial charge in [-0.25, -0.2) is 4.79 Å². The number of carbonyl (C=O) groups is 2. The second-order valence-corrected chi connectivity index (χ2v) is 10.2. The summed E-state index contributed by atoms with van der Waals surface area (Å²) in [6.07, 6.45) is 2.77. The summed E-state index contributed by atoms with van der Waals surface area (Å²) in [5.41, 5.74) is 2.93. The number of hydrogen-bond donors (Lipinski definition) is 1. The SMILES string of the molecule is Cc1ccc(NC(=O)Cn2c(=O)n(CCC(=O)N3CC=C(c4ccccc4)CC3)c(=O)c3ccccc32)c(Cl)c1. The number of aryl methyl sites for hydroxylation is 1. The van der Waals surface area contributed by atoms with Crippen LogP contribution in [-0.2, 0) is 22.7 Å². The predicted molar refractivity (Wildman–Crippen MR) is 158 cm³/mol. The van der Waals surface area contributed by atoms with Gasteiger partial charge in [-0.2, -0.15) is 0 Å². The van der Waals surface area contributed by atoms with Crippen molar-refractivity contribution in [1.82, 2.24) is 14.0 Å². The summed E-state index contributed by atoms with van der Waals surface area (Å²) in [6, 6.07) is 21.9. The number of para-hydroxylation sites is 1. The molecular formula is C31H29ClN4O4. The first-order valence-electron chi connectivity index (χ1n) is 13.1. The highest BCUT2D eigenvalue weighted by Crippen LogP contribution is 2.23. The van der Waals surface area contributed by atoms with Gasteiger partial charge in [-0.15, -0.1) is 0 Å². The van der Waals surface area contributed by atoms with Gasteiger partial charge in [0.1, 0.15) is 6.54 Å². The van der Waals surface area contributed by atoms with E-state index in [0.717, 1.165) is 22.1 Å². The fourth-order valence-electron chi connectivity index (χ4n) is 4.95. The molecular weight excluding hydrogens is 528 g/mol. The number of amides is 2. The van der Waals surface area contributed by atoms with E-state index in [0.29, 0.717) is 34.7 Å². The van der Waals surface area contributed by atoms with Gasteiger partial charge in [0.25, 0.3) is 5.56 Å². The molecule has 0 radical (unpaired) electrons. The van der Waals surface area contributed by atoms with Crippen LogP contribution in [0.15, 0.2) is 88.5 Å². The Balaban J connectivity index is 1.34. The normalized spacial score (nSPS) is 13.2. The summed E-state index contributed by atoms with van der Waals surface area (Å²) in [6.45, 7) is 2.52.